The molecule has 1 aromatic heterocycles. The van der Waals surface area contributed by atoms with E-state index in [0.717, 1.165) is 17.7 Å². The minimum atomic E-state index is -0.469. The van der Waals surface area contributed by atoms with E-state index in [1.807, 2.05) is 26.2 Å². The van der Waals surface area contributed by atoms with Gasteiger partial charge in [0.25, 0.3) is 0 Å². The van der Waals surface area contributed by atoms with Gasteiger partial charge in [0.05, 0.1) is 16.9 Å². The molecule has 0 aliphatic heterocycles. The number of fused-ring (bicyclic) bond motifs is 1. The lowest BCUT2D eigenvalue weighted by Gasteiger charge is -2.24. The fourth-order valence-electron chi connectivity index (χ4n) is 2.60. The number of ether oxygens (including phenoxy) is 1. The van der Waals surface area contributed by atoms with Crippen molar-refractivity contribution in [2.24, 2.45) is 17.3 Å². The predicted octanol–water partition coefficient (Wildman–Crippen LogP) is 4.11. The van der Waals surface area contributed by atoms with Crippen LogP contribution >= 0.6 is 11.3 Å². The van der Waals surface area contributed by atoms with Crippen molar-refractivity contribution in [3.8, 4) is 0 Å². The van der Waals surface area contributed by atoms with Crippen LogP contribution in [0.1, 0.15) is 55.8 Å². The van der Waals surface area contributed by atoms with Crippen LogP contribution in [0, 0.1) is 17.3 Å². The average molecular weight is 308 g/mol. The lowest BCUT2D eigenvalue weighted by Crippen LogP contribution is -2.27. The Bertz CT molecular complexity index is 524. The van der Waals surface area contributed by atoms with Crippen LogP contribution in [0.4, 0.5) is 0 Å². The number of ketones is 1. The number of carbonyl (C=O) groups excluding carboxylic acids is 2. The van der Waals surface area contributed by atoms with Crippen molar-refractivity contribution in [1.82, 2.24) is 0 Å². The summed E-state index contributed by atoms with van der Waals surface area (Å²) in [6, 6.07) is 2.06. The standard InChI is InChI=1S/C17H24O3S/c1-11(10-20-16(19)17(2,3)4)13-6-5-12-7-8-21-15(12)14(18)9-13/h7-8,11,13H,5-6,9-10H2,1-4H3. The van der Waals surface area contributed by atoms with E-state index in [1.54, 1.807) is 11.3 Å². The van der Waals surface area contributed by atoms with Crippen molar-refractivity contribution in [2.45, 2.75) is 47.0 Å². The molecule has 0 bridgehead atoms. The molecule has 0 saturated heterocycles. The summed E-state index contributed by atoms with van der Waals surface area (Å²) in [6.07, 6.45) is 2.51. The second-order valence-electron chi connectivity index (χ2n) is 7.03. The quantitative estimate of drug-likeness (QED) is 0.623. The van der Waals surface area contributed by atoms with Crippen molar-refractivity contribution in [1.29, 1.82) is 0 Å². The molecule has 1 aromatic rings. The highest BCUT2D eigenvalue weighted by Gasteiger charge is 2.29. The molecule has 2 unspecified atom stereocenters. The number of Topliss-reactive ketones (excluding diaryl/α,β-unsaturated/α-hetero) is 1. The highest BCUT2D eigenvalue weighted by atomic mass is 32.1. The van der Waals surface area contributed by atoms with Crippen LogP contribution in [0.2, 0.25) is 0 Å². The maximum atomic E-state index is 12.3. The second-order valence-corrected chi connectivity index (χ2v) is 7.94. The number of rotatable bonds is 3. The molecule has 4 heteroatoms. The van der Waals surface area contributed by atoms with E-state index < -0.39 is 5.41 Å². The maximum Gasteiger partial charge on any atom is 0.311 e. The maximum absolute atomic E-state index is 12.3. The van der Waals surface area contributed by atoms with Crippen LogP contribution in [-0.4, -0.2) is 18.4 Å². The molecule has 116 valence electrons. The van der Waals surface area contributed by atoms with E-state index in [1.165, 1.54) is 5.56 Å². The molecular formula is C17H24O3S. The number of hydrogen-bond acceptors (Lipinski definition) is 4. The number of esters is 1. The first-order chi connectivity index (χ1) is 9.79. The summed E-state index contributed by atoms with van der Waals surface area (Å²) in [5.74, 6) is 0.587. The SMILES string of the molecule is CC(COC(=O)C(C)(C)C)C1CCc2ccsc2C(=O)C1. The summed E-state index contributed by atoms with van der Waals surface area (Å²) in [4.78, 5) is 25.0. The fraction of sp³-hybridized carbons (Fsp3) is 0.647. The van der Waals surface area contributed by atoms with E-state index in [-0.39, 0.29) is 17.7 Å². The lowest BCUT2D eigenvalue weighted by atomic mass is 9.87. The van der Waals surface area contributed by atoms with E-state index in [0.29, 0.717) is 18.9 Å². The van der Waals surface area contributed by atoms with Gasteiger partial charge in [0.1, 0.15) is 0 Å². The predicted molar refractivity (Wildman–Crippen MR) is 84.7 cm³/mol. The summed E-state index contributed by atoms with van der Waals surface area (Å²) < 4.78 is 5.41. The topological polar surface area (TPSA) is 43.4 Å². The molecular weight excluding hydrogens is 284 g/mol. The molecule has 0 radical (unpaired) electrons. The normalized spacial score (nSPS) is 20.6. The summed E-state index contributed by atoms with van der Waals surface area (Å²) >= 11 is 1.55. The van der Waals surface area contributed by atoms with Gasteiger partial charge in [-0.1, -0.05) is 6.92 Å². The number of aryl methyl sites for hydroxylation is 1. The monoisotopic (exact) mass is 308 g/mol. The van der Waals surface area contributed by atoms with E-state index in [2.05, 4.69) is 13.0 Å². The Labute approximate surface area is 130 Å². The third-order valence-corrected chi connectivity index (χ3v) is 5.12. The number of hydrogen-bond donors (Lipinski definition) is 0. The van der Waals surface area contributed by atoms with E-state index >= 15 is 0 Å². The fourth-order valence-corrected chi connectivity index (χ4v) is 3.50. The molecule has 0 saturated carbocycles. The van der Waals surface area contributed by atoms with Crippen molar-refractivity contribution in [2.75, 3.05) is 6.61 Å². The third-order valence-electron chi connectivity index (χ3n) is 4.13. The summed E-state index contributed by atoms with van der Waals surface area (Å²) in [5.41, 5.74) is 0.717. The molecule has 1 aliphatic rings. The van der Waals surface area contributed by atoms with Gasteiger partial charge in [-0.3, -0.25) is 9.59 Å². The van der Waals surface area contributed by atoms with Gasteiger partial charge in [0.2, 0.25) is 0 Å². The highest BCUT2D eigenvalue weighted by molar-refractivity contribution is 7.12. The minimum absolute atomic E-state index is 0.173. The highest BCUT2D eigenvalue weighted by Crippen LogP contribution is 2.32. The molecule has 0 N–H and O–H groups in total. The van der Waals surface area contributed by atoms with Crippen LogP contribution in [0.15, 0.2) is 11.4 Å². The van der Waals surface area contributed by atoms with E-state index in [9.17, 15) is 9.59 Å². The molecule has 0 amide bonds. The van der Waals surface area contributed by atoms with Crippen molar-refractivity contribution >= 4 is 23.1 Å². The Morgan fingerprint density at radius 3 is 2.86 bits per heavy atom. The first-order valence-corrected chi connectivity index (χ1v) is 8.44. The van der Waals surface area contributed by atoms with Crippen molar-refractivity contribution in [3.63, 3.8) is 0 Å². The second kappa shape index (κ2) is 6.30. The van der Waals surface area contributed by atoms with Crippen molar-refractivity contribution < 1.29 is 14.3 Å². The Balaban J connectivity index is 1.92. The number of thiophene rings is 1. The molecule has 0 aromatic carbocycles. The summed E-state index contributed by atoms with van der Waals surface area (Å²) in [6.45, 7) is 8.04. The molecule has 1 heterocycles. The first kappa shape index (κ1) is 16.2. The van der Waals surface area contributed by atoms with Gasteiger partial charge in [-0.15, -0.1) is 11.3 Å². The van der Waals surface area contributed by atoms with Crippen molar-refractivity contribution in [3.05, 3.63) is 21.9 Å². The Hall–Kier alpha value is -1.16. The van der Waals surface area contributed by atoms with Gasteiger partial charge in [-0.05, 0) is 62.5 Å². The van der Waals surface area contributed by atoms with Gasteiger partial charge in [-0.2, -0.15) is 0 Å². The zero-order chi connectivity index (χ0) is 15.6. The average Bonchev–Trinajstić information content (AvgIpc) is 2.81. The smallest absolute Gasteiger partial charge is 0.311 e. The van der Waals surface area contributed by atoms with Gasteiger partial charge < -0.3 is 4.74 Å². The Kier molecular flexibility index (Phi) is 4.87. The summed E-state index contributed by atoms with van der Waals surface area (Å²) in [7, 11) is 0. The van der Waals surface area contributed by atoms with Crippen LogP contribution in [0.25, 0.3) is 0 Å². The lowest BCUT2D eigenvalue weighted by molar-refractivity contribution is -0.154. The van der Waals surface area contributed by atoms with Crippen LogP contribution < -0.4 is 0 Å². The molecule has 2 rings (SSSR count). The third kappa shape index (κ3) is 3.94. The molecule has 0 spiro atoms. The molecule has 3 nitrogen and oxygen atoms in total. The van der Waals surface area contributed by atoms with Gasteiger partial charge in [0.15, 0.2) is 5.78 Å². The van der Waals surface area contributed by atoms with E-state index in [4.69, 9.17) is 4.74 Å². The first-order valence-electron chi connectivity index (χ1n) is 7.56. The Morgan fingerprint density at radius 2 is 2.19 bits per heavy atom. The molecule has 1 aliphatic carbocycles. The Morgan fingerprint density at radius 1 is 1.48 bits per heavy atom. The zero-order valence-corrected chi connectivity index (χ0v) is 14.1. The number of carbonyl (C=O) groups is 2. The summed E-state index contributed by atoms with van der Waals surface area (Å²) in [5, 5.41) is 2.00. The largest absolute Gasteiger partial charge is 0.465 e. The van der Waals surface area contributed by atoms with Gasteiger partial charge in [-0.25, -0.2) is 0 Å². The molecule has 21 heavy (non-hydrogen) atoms. The van der Waals surface area contributed by atoms with Gasteiger partial charge >= 0.3 is 5.97 Å². The van der Waals surface area contributed by atoms with Crippen LogP contribution in [0.5, 0.6) is 0 Å². The van der Waals surface area contributed by atoms with Crippen LogP contribution in [0.3, 0.4) is 0 Å². The van der Waals surface area contributed by atoms with Crippen LogP contribution in [-0.2, 0) is 16.0 Å². The zero-order valence-electron chi connectivity index (χ0n) is 13.3. The van der Waals surface area contributed by atoms with Gasteiger partial charge in [0, 0.05) is 6.42 Å². The minimum Gasteiger partial charge on any atom is -0.465 e. The molecule has 2 atom stereocenters. The molecule has 0 fully saturated rings.